The van der Waals surface area contributed by atoms with E-state index in [1.165, 1.54) is 0 Å². The zero-order chi connectivity index (χ0) is 13.7. The van der Waals surface area contributed by atoms with E-state index in [1.54, 1.807) is 18.8 Å². The molecule has 3 heteroatoms. The van der Waals surface area contributed by atoms with Crippen molar-refractivity contribution in [3.05, 3.63) is 37.0 Å². The highest BCUT2D eigenvalue weighted by atomic mass is 16.5. The third kappa shape index (κ3) is 7.05. The van der Waals surface area contributed by atoms with Crippen molar-refractivity contribution in [3.63, 3.8) is 0 Å². The smallest absolute Gasteiger partial charge is 0.0994 e. The molecule has 18 heavy (non-hydrogen) atoms. The Balaban J connectivity index is 4.47. The van der Waals surface area contributed by atoms with Crippen molar-refractivity contribution in [2.45, 2.75) is 34.1 Å². The van der Waals surface area contributed by atoms with E-state index in [9.17, 15) is 0 Å². The van der Waals surface area contributed by atoms with Crippen LogP contribution in [0, 0.1) is 5.41 Å². The van der Waals surface area contributed by atoms with E-state index in [0.717, 1.165) is 6.42 Å². The number of rotatable bonds is 10. The quantitative estimate of drug-likeness (QED) is 0.551. The van der Waals surface area contributed by atoms with Crippen LogP contribution in [-0.4, -0.2) is 19.8 Å². The van der Waals surface area contributed by atoms with Crippen molar-refractivity contribution in [1.29, 1.82) is 0 Å². The summed E-state index contributed by atoms with van der Waals surface area (Å²) in [5, 5.41) is 0. The molecule has 0 saturated heterocycles. The highest BCUT2D eigenvalue weighted by molar-refractivity contribution is 4.82. The molecule has 0 aromatic rings. The zero-order valence-electron chi connectivity index (χ0n) is 12.0. The minimum absolute atomic E-state index is 0.126. The molecule has 0 bridgehead atoms. The molecule has 0 aliphatic rings. The fraction of sp³-hybridized carbons (Fsp3) is 0.600. The summed E-state index contributed by atoms with van der Waals surface area (Å²) >= 11 is 0. The average molecular weight is 254 g/mol. The highest BCUT2D eigenvalue weighted by Gasteiger charge is 2.30. The van der Waals surface area contributed by atoms with Crippen LogP contribution < -0.4 is 0 Å². The Morgan fingerprint density at radius 3 is 1.28 bits per heavy atom. The minimum Gasteiger partial charge on any atom is -0.501 e. The summed E-state index contributed by atoms with van der Waals surface area (Å²) in [6.45, 7) is 9.67. The Morgan fingerprint density at radius 2 is 1.06 bits per heavy atom. The van der Waals surface area contributed by atoms with Gasteiger partial charge in [0.25, 0.3) is 0 Å². The van der Waals surface area contributed by atoms with Gasteiger partial charge in [-0.3, -0.25) is 0 Å². The second-order valence-electron chi connectivity index (χ2n) is 4.19. The number of allylic oxidation sites excluding steroid dienone is 3. The first-order chi connectivity index (χ1) is 8.74. The summed E-state index contributed by atoms with van der Waals surface area (Å²) in [5.41, 5.74) is -0.126. The molecule has 0 aromatic carbocycles. The lowest BCUT2D eigenvalue weighted by Crippen LogP contribution is -2.35. The minimum atomic E-state index is -0.126. The largest absolute Gasteiger partial charge is 0.501 e. The molecule has 0 amide bonds. The van der Waals surface area contributed by atoms with Gasteiger partial charge < -0.3 is 14.2 Å². The van der Waals surface area contributed by atoms with Crippen LogP contribution in [0.5, 0.6) is 0 Å². The van der Waals surface area contributed by atoms with Crippen molar-refractivity contribution in [1.82, 2.24) is 0 Å². The third-order valence-electron chi connectivity index (χ3n) is 2.62. The molecular weight excluding hydrogens is 228 g/mol. The predicted molar refractivity (Wildman–Crippen MR) is 75.0 cm³/mol. The fourth-order valence-corrected chi connectivity index (χ4v) is 1.39. The molecule has 0 rings (SSSR count). The summed E-state index contributed by atoms with van der Waals surface area (Å²) < 4.78 is 16.5. The number of hydrogen-bond acceptors (Lipinski definition) is 3. The Morgan fingerprint density at radius 1 is 0.722 bits per heavy atom. The van der Waals surface area contributed by atoms with Crippen LogP contribution in [0.3, 0.4) is 0 Å². The van der Waals surface area contributed by atoms with Gasteiger partial charge in [0, 0.05) is 0 Å². The van der Waals surface area contributed by atoms with Crippen molar-refractivity contribution < 1.29 is 14.2 Å². The first-order valence-electron chi connectivity index (χ1n) is 6.43. The van der Waals surface area contributed by atoms with Crippen LogP contribution in [0.4, 0.5) is 0 Å². The topological polar surface area (TPSA) is 27.7 Å². The van der Waals surface area contributed by atoms with Gasteiger partial charge in [0.1, 0.15) is 0 Å². The maximum atomic E-state index is 5.51. The van der Waals surface area contributed by atoms with Gasteiger partial charge in [-0.2, -0.15) is 0 Å². The van der Waals surface area contributed by atoms with Gasteiger partial charge in [-0.25, -0.2) is 0 Å². The van der Waals surface area contributed by atoms with E-state index in [2.05, 4.69) is 6.92 Å². The number of hydrogen-bond donors (Lipinski definition) is 0. The van der Waals surface area contributed by atoms with Gasteiger partial charge in [-0.05, 0) is 27.2 Å². The maximum absolute atomic E-state index is 5.51. The van der Waals surface area contributed by atoms with Gasteiger partial charge in [0.15, 0.2) is 0 Å². The Labute approximate surface area is 111 Å². The highest BCUT2D eigenvalue weighted by Crippen LogP contribution is 2.24. The van der Waals surface area contributed by atoms with E-state index in [4.69, 9.17) is 14.2 Å². The number of ether oxygens (including phenoxy) is 3. The first-order valence-corrected chi connectivity index (χ1v) is 6.43. The molecule has 0 atom stereocenters. The van der Waals surface area contributed by atoms with E-state index >= 15 is 0 Å². The monoisotopic (exact) mass is 254 g/mol. The van der Waals surface area contributed by atoms with Gasteiger partial charge in [0.2, 0.25) is 0 Å². The molecule has 0 saturated carbocycles. The third-order valence-corrected chi connectivity index (χ3v) is 2.62. The van der Waals surface area contributed by atoms with E-state index in [-0.39, 0.29) is 5.41 Å². The first kappa shape index (κ1) is 16.6. The zero-order valence-corrected chi connectivity index (χ0v) is 12.0. The molecule has 3 nitrogen and oxygen atoms in total. The summed E-state index contributed by atoms with van der Waals surface area (Å²) in [6, 6.07) is 0. The molecular formula is C15H26O3. The molecule has 0 fully saturated rings. The van der Waals surface area contributed by atoms with Crippen LogP contribution in [0.2, 0.25) is 0 Å². The standard InChI is InChI=1S/C15H26O3/c1-5-9-16-12-15(8-4,13-17-10-6-2)14-18-11-7-3/h5-7,9-11H,8,12-14H2,1-4H3/b9-5-,10-6-,11-7-. The van der Waals surface area contributed by atoms with Crippen molar-refractivity contribution in [3.8, 4) is 0 Å². The fourth-order valence-electron chi connectivity index (χ4n) is 1.39. The van der Waals surface area contributed by atoms with Gasteiger partial charge in [0.05, 0.1) is 44.0 Å². The molecule has 0 radical (unpaired) electrons. The summed E-state index contributed by atoms with van der Waals surface area (Å²) in [7, 11) is 0. The maximum Gasteiger partial charge on any atom is 0.0994 e. The summed E-state index contributed by atoms with van der Waals surface area (Å²) in [5.74, 6) is 0. The van der Waals surface area contributed by atoms with Gasteiger partial charge >= 0.3 is 0 Å². The van der Waals surface area contributed by atoms with E-state index in [0.29, 0.717) is 19.8 Å². The van der Waals surface area contributed by atoms with Gasteiger partial charge in [-0.15, -0.1) is 0 Å². The Bertz CT molecular complexity index is 226. The second-order valence-corrected chi connectivity index (χ2v) is 4.19. The molecule has 0 unspecified atom stereocenters. The van der Waals surface area contributed by atoms with Crippen LogP contribution in [0.15, 0.2) is 37.0 Å². The van der Waals surface area contributed by atoms with Crippen molar-refractivity contribution in [2.75, 3.05) is 19.8 Å². The molecule has 0 heterocycles. The summed E-state index contributed by atoms with van der Waals surface area (Å²) in [6.07, 6.45) is 11.7. The lowest BCUT2D eigenvalue weighted by molar-refractivity contribution is -0.0126. The molecule has 0 N–H and O–H groups in total. The van der Waals surface area contributed by atoms with E-state index < -0.39 is 0 Å². The van der Waals surface area contributed by atoms with Crippen LogP contribution in [0.25, 0.3) is 0 Å². The molecule has 104 valence electrons. The van der Waals surface area contributed by atoms with Gasteiger partial charge in [-0.1, -0.05) is 25.2 Å². The normalized spacial score (nSPS) is 12.7. The van der Waals surface area contributed by atoms with Crippen molar-refractivity contribution in [2.24, 2.45) is 5.41 Å². The molecule has 0 spiro atoms. The SMILES string of the molecule is C/C=C\OCC(CC)(CO/C=C\C)CO/C=C\C. The average Bonchev–Trinajstić information content (AvgIpc) is 2.39. The Kier molecular flexibility index (Phi) is 9.93. The van der Waals surface area contributed by atoms with Crippen molar-refractivity contribution >= 4 is 0 Å². The molecule has 0 aliphatic heterocycles. The van der Waals surface area contributed by atoms with Crippen LogP contribution in [0.1, 0.15) is 34.1 Å². The van der Waals surface area contributed by atoms with E-state index in [1.807, 2.05) is 39.0 Å². The van der Waals surface area contributed by atoms with Crippen LogP contribution in [-0.2, 0) is 14.2 Å². The molecule has 0 aromatic heterocycles. The summed E-state index contributed by atoms with van der Waals surface area (Å²) in [4.78, 5) is 0. The van der Waals surface area contributed by atoms with Crippen LogP contribution >= 0.6 is 0 Å². The molecule has 0 aliphatic carbocycles. The Hall–Kier alpha value is -1.38. The lowest BCUT2D eigenvalue weighted by atomic mass is 9.88. The lowest BCUT2D eigenvalue weighted by Gasteiger charge is -2.30. The second kappa shape index (κ2) is 10.8. The predicted octanol–water partition coefficient (Wildman–Crippen LogP) is 4.03.